The number of hydrogen-bond donors (Lipinski definition) is 1. The van der Waals surface area contributed by atoms with Crippen molar-refractivity contribution in [2.45, 2.75) is 30.6 Å². The molecular weight excluding hydrogens is 279 g/mol. The highest BCUT2D eigenvalue weighted by Gasteiger charge is 2.15. The molecule has 4 nitrogen and oxygen atoms in total. The van der Waals surface area contributed by atoms with Gasteiger partial charge in [-0.25, -0.2) is 17.5 Å². The van der Waals surface area contributed by atoms with Crippen molar-refractivity contribution in [2.75, 3.05) is 26.2 Å². The normalized spacial score (nSPS) is 17.9. The summed E-state index contributed by atoms with van der Waals surface area (Å²) in [5.41, 5.74) is 0. The van der Waals surface area contributed by atoms with Crippen LogP contribution >= 0.6 is 0 Å². The Hall–Kier alpha value is -0.980. The molecule has 0 radical (unpaired) electrons. The van der Waals surface area contributed by atoms with Crippen LogP contribution in [0.5, 0.6) is 0 Å². The van der Waals surface area contributed by atoms with Gasteiger partial charge in [-0.1, -0.05) is 18.9 Å². The van der Waals surface area contributed by atoms with Crippen LogP contribution in [0.4, 0.5) is 4.39 Å². The summed E-state index contributed by atoms with van der Waals surface area (Å²) in [6, 6.07) is 5.07. The number of nitrogens with zero attached hydrogens (tertiary/aromatic N) is 1. The van der Waals surface area contributed by atoms with Gasteiger partial charge in [-0.15, -0.1) is 0 Å². The fourth-order valence-electron chi connectivity index (χ4n) is 2.42. The molecule has 1 aliphatic rings. The first-order chi connectivity index (χ1) is 9.58. The number of sulfonamides is 1. The largest absolute Gasteiger partial charge is 0.302 e. The van der Waals surface area contributed by atoms with Crippen molar-refractivity contribution >= 4 is 10.0 Å². The Kier molecular flexibility index (Phi) is 5.51. The fraction of sp³-hybridized carbons (Fsp3) is 0.571. The van der Waals surface area contributed by atoms with Crippen molar-refractivity contribution in [3.8, 4) is 0 Å². The van der Waals surface area contributed by atoms with Gasteiger partial charge in [0.15, 0.2) is 0 Å². The summed E-state index contributed by atoms with van der Waals surface area (Å²) < 4.78 is 39.6. The summed E-state index contributed by atoms with van der Waals surface area (Å²) >= 11 is 0. The van der Waals surface area contributed by atoms with E-state index in [2.05, 4.69) is 9.62 Å². The monoisotopic (exact) mass is 300 g/mol. The zero-order valence-electron chi connectivity index (χ0n) is 11.5. The first-order valence-corrected chi connectivity index (χ1v) is 8.54. The highest BCUT2D eigenvalue weighted by atomic mass is 32.2. The molecule has 0 unspecified atom stereocenters. The predicted molar refractivity (Wildman–Crippen MR) is 76.5 cm³/mol. The van der Waals surface area contributed by atoms with Crippen molar-refractivity contribution < 1.29 is 12.8 Å². The van der Waals surface area contributed by atoms with Crippen molar-refractivity contribution in [1.29, 1.82) is 0 Å². The molecule has 1 fully saturated rings. The Labute approximate surface area is 120 Å². The maximum absolute atomic E-state index is 13.1. The van der Waals surface area contributed by atoms with E-state index in [9.17, 15) is 12.8 Å². The van der Waals surface area contributed by atoms with Crippen LogP contribution in [-0.4, -0.2) is 39.5 Å². The Morgan fingerprint density at radius 2 is 1.85 bits per heavy atom. The Morgan fingerprint density at radius 1 is 1.15 bits per heavy atom. The second-order valence-corrected chi connectivity index (χ2v) is 6.88. The molecule has 1 aliphatic heterocycles. The lowest BCUT2D eigenvalue weighted by Crippen LogP contribution is -2.35. The van der Waals surface area contributed by atoms with E-state index in [1.807, 2.05) is 0 Å². The van der Waals surface area contributed by atoms with Gasteiger partial charge in [0.2, 0.25) is 10.0 Å². The van der Waals surface area contributed by atoms with Gasteiger partial charge in [0.05, 0.1) is 4.90 Å². The average Bonchev–Trinajstić information content (AvgIpc) is 2.67. The molecule has 112 valence electrons. The summed E-state index contributed by atoms with van der Waals surface area (Å²) in [5.74, 6) is -0.541. The molecule has 0 aromatic heterocycles. The minimum atomic E-state index is -3.61. The number of nitrogens with one attached hydrogen (secondary N) is 1. The minimum Gasteiger partial charge on any atom is -0.302 e. The quantitative estimate of drug-likeness (QED) is 0.904. The Morgan fingerprint density at radius 3 is 2.50 bits per heavy atom. The predicted octanol–water partition coefficient (Wildman–Crippen LogP) is 1.98. The lowest BCUT2D eigenvalue weighted by molar-refractivity contribution is 0.290. The van der Waals surface area contributed by atoms with E-state index in [-0.39, 0.29) is 4.90 Å². The Bertz CT molecular complexity index is 526. The maximum Gasteiger partial charge on any atom is 0.240 e. The van der Waals surface area contributed by atoms with Gasteiger partial charge in [0.1, 0.15) is 5.82 Å². The van der Waals surface area contributed by atoms with E-state index in [1.54, 1.807) is 0 Å². The summed E-state index contributed by atoms with van der Waals surface area (Å²) in [5, 5.41) is 0. The molecule has 1 saturated heterocycles. The summed E-state index contributed by atoms with van der Waals surface area (Å²) in [6.45, 7) is 3.12. The molecule has 1 N–H and O–H groups in total. The fourth-order valence-corrected chi connectivity index (χ4v) is 3.47. The van der Waals surface area contributed by atoms with Crippen LogP contribution in [-0.2, 0) is 10.0 Å². The van der Waals surface area contributed by atoms with Crippen LogP contribution in [0.25, 0.3) is 0 Å². The second-order valence-electron chi connectivity index (χ2n) is 5.11. The third-order valence-corrected chi connectivity index (χ3v) is 4.98. The molecule has 0 aliphatic carbocycles. The third kappa shape index (κ3) is 4.54. The van der Waals surface area contributed by atoms with Gasteiger partial charge < -0.3 is 4.90 Å². The maximum atomic E-state index is 13.1. The smallest absolute Gasteiger partial charge is 0.240 e. The van der Waals surface area contributed by atoms with Gasteiger partial charge in [-0.05, 0) is 44.1 Å². The molecule has 0 amide bonds. The number of rotatable bonds is 5. The molecule has 0 atom stereocenters. The number of halogens is 1. The van der Waals surface area contributed by atoms with E-state index in [1.165, 1.54) is 43.9 Å². The zero-order valence-corrected chi connectivity index (χ0v) is 12.3. The highest BCUT2D eigenvalue weighted by Crippen LogP contribution is 2.11. The standard InChI is InChI=1S/C14H21FN2O2S/c15-13-6-5-7-14(12-13)20(18,19)16-8-11-17-9-3-1-2-4-10-17/h5-7,12,16H,1-4,8-11H2. The van der Waals surface area contributed by atoms with Gasteiger partial charge in [0.25, 0.3) is 0 Å². The van der Waals surface area contributed by atoms with Crippen LogP contribution in [0.1, 0.15) is 25.7 Å². The molecule has 2 rings (SSSR count). The van der Waals surface area contributed by atoms with Crippen LogP contribution in [0.2, 0.25) is 0 Å². The molecular formula is C14H21FN2O2S. The van der Waals surface area contributed by atoms with Crippen molar-refractivity contribution in [2.24, 2.45) is 0 Å². The number of likely N-dealkylation sites (tertiary alicyclic amines) is 1. The van der Waals surface area contributed by atoms with E-state index < -0.39 is 15.8 Å². The van der Waals surface area contributed by atoms with Crippen molar-refractivity contribution in [3.05, 3.63) is 30.1 Å². The molecule has 6 heteroatoms. The van der Waals surface area contributed by atoms with Crippen LogP contribution in [0.3, 0.4) is 0 Å². The van der Waals surface area contributed by atoms with Crippen LogP contribution < -0.4 is 4.72 Å². The average molecular weight is 300 g/mol. The van der Waals surface area contributed by atoms with Gasteiger partial charge in [-0.3, -0.25) is 0 Å². The molecule has 0 bridgehead atoms. The lowest BCUT2D eigenvalue weighted by atomic mass is 10.2. The van der Waals surface area contributed by atoms with Crippen LogP contribution in [0, 0.1) is 5.82 Å². The van der Waals surface area contributed by atoms with E-state index >= 15 is 0 Å². The number of benzene rings is 1. The Balaban J connectivity index is 1.86. The molecule has 1 aromatic rings. The van der Waals surface area contributed by atoms with E-state index in [0.717, 1.165) is 19.2 Å². The molecule has 1 aromatic carbocycles. The lowest BCUT2D eigenvalue weighted by Gasteiger charge is -2.19. The zero-order chi connectivity index (χ0) is 14.4. The van der Waals surface area contributed by atoms with Crippen molar-refractivity contribution in [1.82, 2.24) is 9.62 Å². The molecule has 0 spiro atoms. The summed E-state index contributed by atoms with van der Waals surface area (Å²) in [6.07, 6.45) is 4.87. The van der Waals surface area contributed by atoms with Gasteiger partial charge in [0, 0.05) is 13.1 Å². The number of hydrogen-bond acceptors (Lipinski definition) is 3. The molecule has 1 heterocycles. The van der Waals surface area contributed by atoms with Crippen LogP contribution in [0.15, 0.2) is 29.2 Å². The van der Waals surface area contributed by atoms with Gasteiger partial charge in [-0.2, -0.15) is 0 Å². The highest BCUT2D eigenvalue weighted by molar-refractivity contribution is 7.89. The summed E-state index contributed by atoms with van der Waals surface area (Å²) in [4.78, 5) is 2.26. The topological polar surface area (TPSA) is 49.4 Å². The van der Waals surface area contributed by atoms with E-state index in [4.69, 9.17) is 0 Å². The van der Waals surface area contributed by atoms with Gasteiger partial charge >= 0.3 is 0 Å². The minimum absolute atomic E-state index is 0.0200. The molecule has 20 heavy (non-hydrogen) atoms. The van der Waals surface area contributed by atoms with Crippen molar-refractivity contribution in [3.63, 3.8) is 0 Å². The van der Waals surface area contributed by atoms with E-state index in [0.29, 0.717) is 13.1 Å². The first kappa shape index (κ1) is 15.4. The molecule has 0 saturated carbocycles. The second kappa shape index (κ2) is 7.15. The summed E-state index contributed by atoms with van der Waals surface area (Å²) in [7, 11) is -3.61. The first-order valence-electron chi connectivity index (χ1n) is 7.05. The SMILES string of the molecule is O=S(=O)(NCCN1CCCCCC1)c1cccc(F)c1. The third-order valence-electron chi connectivity index (χ3n) is 3.53.